The molecule has 0 heterocycles. The number of aliphatic hydroxyl groups is 1. The van der Waals surface area contributed by atoms with Gasteiger partial charge in [-0.1, -0.05) is 17.7 Å². The number of aliphatic hydroxyl groups excluding tert-OH is 1. The molecule has 0 aliphatic carbocycles. The van der Waals surface area contributed by atoms with Crippen molar-refractivity contribution in [3.8, 4) is 0 Å². The van der Waals surface area contributed by atoms with Crippen LogP contribution in [0.2, 0.25) is 5.02 Å². The molecule has 0 aromatic heterocycles. The largest absolute Gasteiger partial charge is 0.392 e. The number of hydrogen-bond donors (Lipinski definition) is 2. The van der Waals surface area contributed by atoms with E-state index in [0.29, 0.717) is 0 Å². The van der Waals surface area contributed by atoms with Gasteiger partial charge in [0.05, 0.1) is 18.0 Å². The Morgan fingerprint density at radius 3 is 2.40 bits per heavy atom. The summed E-state index contributed by atoms with van der Waals surface area (Å²) in [6, 6.07) is 3.12. The van der Waals surface area contributed by atoms with E-state index < -0.39 is 40.4 Å². The summed E-state index contributed by atoms with van der Waals surface area (Å²) in [7, 11) is -4.40. The molecule has 0 radical (unpaired) electrons. The van der Waals surface area contributed by atoms with Crippen LogP contribution < -0.4 is 4.72 Å². The predicted molar refractivity (Wildman–Crippen MR) is 63.5 cm³/mol. The smallest absolute Gasteiger partial charge is 0.320 e. The van der Waals surface area contributed by atoms with Crippen molar-refractivity contribution in [2.24, 2.45) is 0 Å². The van der Waals surface area contributed by atoms with E-state index in [9.17, 15) is 26.0 Å². The van der Waals surface area contributed by atoms with Gasteiger partial charge in [-0.2, -0.15) is 8.78 Å². The number of sulfonamides is 1. The van der Waals surface area contributed by atoms with Crippen molar-refractivity contribution >= 4 is 21.6 Å². The molecule has 0 fully saturated rings. The molecule has 0 aliphatic rings. The number of alkyl halides is 4. The zero-order chi connectivity index (χ0) is 15.6. The predicted octanol–water partition coefficient (Wildman–Crippen LogP) is 2.01. The molecule has 2 N–H and O–H groups in total. The lowest BCUT2D eigenvalue weighted by atomic mass is 10.2. The molecule has 114 valence electrons. The van der Waals surface area contributed by atoms with Crippen molar-refractivity contribution in [1.82, 2.24) is 4.72 Å². The van der Waals surface area contributed by atoms with Gasteiger partial charge < -0.3 is 5.11 Å². The van der Waals surface area contributed by atoms with Gasteiger partial charge in [-0.15, -0.1) is 0 Å². The van der Waals surface area contributed by atoms with E-state index in [4.69, 9.17) is 16.7 Å². The molecule has 0 bridgehead atoms. The molecule has 0 unspecified atom stereocenters. The van der Waals surface area contributed by atoms with Gasteiger partial charge >= 0.3 is 12.3 Å². The first-order chi connectivity index (χ1) is 9.10. The highest BCUT2D eigenvalue weighted by atomic mass is 35.5. The van der Waals surface area contributed by atoms with Gasteiger partial charge in [0, 0.05) is 5.02 Å². The van der Waals surface area contributed by atoms with E-state index in [1.54, 1.807) is 0 Å². The number of benzene rings is 1. The minimum atomic E-state index is -4.47. The van der Waals surface area contributed by atoms with E-state index >= 15 is 0 Å². The Balaban J connectivity index is 2.92. The van der Waals surface area contributed by atoms with Crippen molar-refractivity contribution < 1.29 is 31.1 Å². The standard InChI is InChI=1S/C10H10ClF4NO3S/c11-8-3-7(2-1-6(8)4-17)20(18,19)16-5-10(14,15)9(12)13/h1-3,9,16-17H,4-5H2. The molecule has 0 saturated heterocycles. The summed E-state index contributed by atoms with van der Waals surface area (Å²) < 4.78 is 73.8. The van der Waals surface area contributed by atoms with Crippen LogP contribution in [0.1, 0.15) is 5.56 Å². The number of nitrogens with one attached hydrogen (secondary N) is 1. The van der Waals surface area contributed by atoms with Gasteiger partial charge in [-0.05, 0) is 17.7 Å². The van der Waals surface area contributed by atoms with Crippen LogP contribution in [0.4, 0.5) is 17.6 Å². The summed E-state index contributed by atoms with van der Waals surface area (Å²) in [5, 5.41) is 8.76. The van der Waals surface area contributed by atoms with Crippen LogP contribution in [0.15, 0.2) is 23.1 Å². The fraction of sp³-hybridized carbons (Fsp3) is 0.400. The van der Waals surface area contributed by atoms with Crippen LogP contribution in [-0.2, 0) is 16.6 Å². The van der Waals surface area contributed by atoms with Crippen LogP contribution in [0.3, 0.4) is 0 Å². The summed E-state index contributed by atoms with van der Waals surface area (Å²) in [4.78, 5) is -0.468. The fourth-order valence-corrected chi connectivity index (χ4v) is 2.55. The van der Waals surface area contributed by atoms with E-state index in [2.05, 4.69) is 0 Å². The summed E-state index contributed by atoms with van der Waals surface area (Å²) in [5.41, 5.74) is 0.239. The van der Waals surface area contributed by atoms with Gasteiger partial charge in [0.1, 0.15) is 0 Å². The van der Waals surface area contributed by atoms with Crippen LogP contribution in [0.5, 0.6) is 0 Å². The number of halogens is 5. The van der Waals surface area contributed by atoms with Crippen LogP contribution >= 0.6 is 11.6 Å². The van der Waals surface area contributed by atoms with E-state index in [1.165, 1.54) is 10.8 Å². The van der Waals surface area contributed by atoms with Gasteiger partial charge in [-0.25, -0.2) is 21.9 Å². The Morgan fingerprint density at radius 1 is 1.35 bits per heavy atom. The van der Waals surface area contributed by atoms with Crippen molar-refractivity contribution in [3.63, 3.8) is 0 Å². The monoisotopic (exact) mass is 335 g/mol. The number of rotatable bonds is 6. The van der Waals surface area contributed by atoms with Crippen LogP contribution in [0, 0.1) is 0 Å². The molecular formula is C10H10ClF4NO3S. The molecule has 1 aromatic carbocycles. The molecule has 0 aliphatic heterocycles. The second-order valence-corrected chi connectivity index (χ2v) is 5.97. The Labute approximate surface area is 117 Å². The molecule has 0 spiro atoms. The fourth-order valence-electron chi connectivity index (χ4n) is 1.18. The molecule has 0 amide bonds. The zero-order valence-corrected chi connectivity index (χ0v) is 11.4. The third kappa shape index (κ3) is 4.05. The van der Waals surface area contributed by atoms with E-state index in [0.717, 1.165) is 12.1 Å². The Kier molecular flexibility index (Phi) is 5.36. The number of hydrogen-bond acceptors (Lipinski definition) is 3. The minimum Gasteiger partial charge on any atom is -0.392 e. The Hall–Kier alpha value is -0.900. The average molecular weight is 336 g/mol. The topological polar surface area (TPSA) is 66.4 Å². The molecular weight excluding hydrogens is 326 g/mol. The van der Waals surface area contributed by atoms with Crippen molar-refractivity contribution in [2.45, 2.75) is 23.9 Å². The third-order valence-corrected chi connectivity index (χ3v) is 4.07. The van der Waals surface area contributed by atoms with Gasteiger partial charge in [0.15, 0.2) is 0 Å². The second-order valence-electron chi connectivity index (χ2n) is 3.80. The maximum Gasteiger partial charge on any atom is 0.320 e. The molecule has 1 rings (SSSR count). The highest BCUT2D eigenvalue weighted by Crippen LogP contribution is 2.24. The Morgan fingerprint density at radius 2 is 1.95 bits per heavy atom. The zero-order valence-electron chi connectivity index (χ0n) is 9.79. The second kappa shape index (κ2) is 6.25. The minimum absolute atomic E-state index is 0.0870. The van der Waals surface area contributed by atoms with Crippen LogP contribution in [0.25, 0.3) is 0 Å². The molecule has 1 aromatic rings. The average Bonchev–Trinajstić information content (AvgIpc) is 2.36. The molecule has 20 heavy (non-hydrogen) atoms. The molecule has 0 atom stereocenters. The first kappa shape index (κ1) is 17.2. The van der Waals surface area contributed by atoms with Crippen molar-refractivity contribution in [3.05, 3.63) is 28.8 Å². The van der Waals surface area contributed by atoms with Crippen molar-refractivity contribution in [1.29, 1.82) is 0 Å². The van der Waals surface area contributed by atoms with E-state index in [-0.39, 0.29) is 10.6 Å². The summed E-state index contributed by atoms with van der Waals surface area (Å²) >= 11 is 5.66. The summed E-state index contributed by atoms with van der Waals surface area (Å²) in [6.45, 7) is -2.16. The lowest BCUT2D eigenvalue weighted by molar-refractivity contribution is -0.122. The maximum absolute atomic E-state index is 12.7. The normalized spacial score (nSPS) is 12.9. The lowest BCUT2D eigenvalue weighted by Gasteiger charge is -2.16. The highest BCUT2D eigenvalue weighted by molar-refractivity contribution is 7.89. The molecule has 10 heteroatoms. The quantitative estimate of drug-likeness (QED) is 0.782. The molecule has 0 saturated carbocycles. The van der Waals surface area contributed by atoms with Gasteiger partial charge in [-0.3, -0.25) is 0 Å². The van der Waals surface area contributed by atoms with Crippen molar-refractivity contribution in [2.75, 3.05) is 6.54 Å². The van der Waals surface area contributed by atoms with E-state index in [1.807, 2.05) is 0 Å². The lowest BCUT2D eigenvalue weighted by Crippen LogP contribution is -2.41. The van der Waals surface area contributed by atoms with Crippen LogP contribution in [-0.4, -0.2) is 32.4 Å². The van der Waals surface area contributed by atoms with Gasteiger partial charge in [0.25, 0.3) is 0 Å². The summed E-state index contributed by atoms with van der Waals surface area (Å²) in [5.74, 6) is -4.47. The SMILES string of the molecule is O=S(=O)(NCC(F)(F)C(F)F)c1ccc(CO)c(Cl)c1. The highest BCUT2D eigenvalue weighted by Gasteiger charge is 2.41. The maximum atomic E-state index is 12.7. The third-order valence-electron chi connectivity index (χ3n) is 2.32. The first-order valence-electron chi connectivity index (χ1n) is 5.15. The Bertz CT molecular complexity index is 580. The van der Waals surface area contributed by atoms with Gasteiger partial charge in [0.2, 0.25) is 10.0 Å². The first-order valence-corrected chi connectivity index (χ1v) is 7.01. The molecule has 4 nitrogen and oxygen atoms in total. The summed E-state index contributed by atoms with van der Waals surface area (Å²) in [6.07, 6.45) is -3.98.